The van der Waals surface area contributed by atoms with Gasteiger partial charge in [-0.2, -0.15) is 0 Å². The molecule has 0 aromatic heterocycles. The van der Waals surface area contributed by atoms with Crippen molar-refractivity contribution in [3.8, 4) is 0 Å². The van der Waals surface area contributed by atoms with Crippen molar-refractivity contribution in [2.75, 3.05) is 0 Å². The zero-order valence-corrected chi connectivity index (χ0v) is 7.96. The van der Waals surface area contributed by atoms with E-state index in [0.29, 0.717) is 5.56 Å². The Hall–Kier alpha value is -1.65. The molecule has 1 aliphatic rings. The van der Waals surface area contributed by atoms with Gasteiger partial charge in [0.05, 0.1) is 6.04 Å². The highest BCUT2D eigenvalue weighted by atomic mass is 19.2. The first-order valence-corrected chi connectivity index (χ1v) is 4.50. The molecule has 0 saturated carbocycles. The first kappa shape index (κ1) is 9.89. The number of ether oxygens (including phenoxy) is 1. The third-order valence-corrected chi connectivity index (χ3v) is 2.34. The van der Waals surface area contributed by atoms with Crippen LogP contribution in [0.15, 0.2) is 18.2 Å². The summed E-state index contributed by atoms with van der Waals surface area (Å²) in [5.41, 5.74) is 0.493. The van der Waals surface area contributed by atoms with Gasteiger partial charge in [0, 0.05) is 0 Å². The highest BCUT2D eigenvalue weighted by molar-refractivity contribution is 5.70. The molecule has 5 heteroatoms. The lowest BCUT2D eigenvalue weighted by Gasteiger charge is -2.12. The molecule has 1 aromatic carbocycles. The van der Waals surface area contributed by atoms with Gasteiger partial charge in [0.2, 0.25) is 0 Å². The summed E-state index contributed by atoms with van der Waals surface area (Å²) in [4.78, 5) is 10.9. The van der Waals surface area contributed by atoms with Crippen LogP contribution in [0.4, 0.5) is 13.6 Å². The second kappa shape index (κ2) is 3.49. The summed E-state index contributed by atoms with van der Waals surface area (Å²) in [6, 6.07) is 3.09. The van der Waals surface area contributed by atoms with Crippen LogP contribution in [0.25, 0.3) is 0 Å². The normalized spacial score (nSPS) is 24.9. The highest BCUT2D eigenvalue weighted by Gasteiger charge is 2.31. The zero-order valence-electron chi connectivity index (χ0n) is 7.96. The van der Waals surface area contributed by atoms with E-state index < -0.39 is 23.8 Å². The molecule has 0 unspecified atom stereocenters. The summed E-state index contributed by atoms with van der Waals surface area (Å²) in [6.07, 6.45) is -0.931. The molecule has 0 radical (unpaired) electrons. The number of hydrogen-bond acceptors (Lipinski definition) is 2. The van der Waals surface area contributed by atoms with Crippen LogP contribution in [0.2, 0.25) is 0 Å². The van der Waals surface area contributed by atoms with Gasteiger partial charge < -0.3 is 10.1 Å². The molecule has 1 amide bonds. The lowest BCUT2D eigenvalue weighted by Crippen LogP contribution is -2.21. The number of nitrogens with one attached hydrogen (secondary N) is 1. The van der Waals surface area contributed by atoms with Crippen molar-refractivity contribution >= 4 is 6.09 Å². The average molecular weight is 213 g/mol. The van der Waals surface area contributed by atoms with Gasteiger partial charge in [0.25, 0.3) is 0 Å². The molecule has 15 heavy (non-hydrogen) atoms. The number of benzene rings is 1. The molecule has 1 fully saturated rings. The third kappa shape index (κ3) is 1.77. The Morgan fingerprint density at radius 2 is 2.07 bits per heavy atom. The van der Waals surface area contributed by atoms with Gasteiger partial charge in [0.15, 0.2) is 11.6 Å². The molecular formula is C10H9F2NO2. The lowest BCUT2D eigenvalue weighted by atomic mass is 10.0. The quantitative estimate of drug-likeness (QED) is 0.776. The lowest BCUT2D eigenvalue weighted by molar-refractivity contribution is 0.141. The Labute approximate surface area is 85.0 Å². The van der Waals surface area contributed by atoms with Gasteiger partial charge >= 0.3 is 6.09 Å². The fraction of sp³-hybridized carbons (Fsp3) is 0.300. The fourth-order valence-corrected chi connectivity index (χ4v) is 1.58. The summed E-state index contributed by atoms with van der Waals surface area (Å²) < 4.78 is 30.4. The van der Waals surface area contributed by atoms with Crippen molar-refractivity contribution in [1.29, 1.82) is 0 Å². The summed E-state index contributed by atoms with van der Waals surface area (Å²) in [7, 11) is 0. The summed E-state index contributed by atoms with van der Waals surface area (Å²) in [5, 5.41) is 2.52. The molecule has 1 heterocycles. The van der Waals surface area contributed by atoms with Crippen molar-refractivity contribution in [3.05, 3.63) is 35.4 Å². The van der Waals surface area contributed by atoms with E-state index in [1.807, 2.05) is 0 Å². The average Bonchev–Trinajstić information content (AvgIpc) is 2.50. The molecule has 0 aliphatic carbocycles. The molecule has 0 spiro atoms. The molecule has 1 N–H and O–H groups in total. The third-order valence-electron chi connectivity index (χ3n) is 2.34. The largest absolute Gasteiger partial charge is 0.444 e. The number of carbonyl (C=O) groups excluding carboxylic acids is 1. The van der Waals surface area contributed by atoms with Crippen LogP contribution in [-0.2, 0) is 4.74 Å². The van der Waals surface area contributed by atoms with E-state index in [-0.39, 0.29) is 6.10 Å². The van der Waals surface area contributed by atoms with Crippen LogP contribution < -0.4 is 5.32 Å². The van der Waals surface area contributed by atoms with Gasteiger partial charge in [-0.15, -0.1) is 0 Å². The summed E-state index contributed by atoms with van der Waals surface area (Å²) in [6.45, 7) is 1.68. The number of cyclic esters (lactones) is 1. The first-order chi connectivity index (χ1) is 7.08. The summed E-state index contributed by atoms with van der Waals surface area (Å²) in [5.74, 6) is -1.84. The van der Waals surface area contributed by atoms with Crippen LogP contribution in [-0.4, -0.2) is 12.2 Å². The number of carbonyl (C=O) groups is 1. The van der Waals surface area contributed by atoms with E-state index in [1.165, 1.54) is 6.07 Å². The van der Waals surface area contributed by atoms with Crippen LogP contribution >= 0.6 is 0 Å². The molecule has 2 rings (SSSR count). The molecule has 1 aromatic rings. The predicted octanol–water partition coefficient (Wildman–Crippen LogP) is 2.13. The second-order valence-corrected chi connectivity index (χ2v) is 3.41. The Kier molecular flexibility index (Phi) is 2.30. The van der Waals surface area contributed by atoms with Gasteiger partial charge in [-0.25, -0.2) is 13.6 Å². The molecule has 1 aliphatic heterocycles. The minimum atomic E-state index is -0.930. The first-order valence-electron chi connectivity index (χ1n) is 4.50. The second-order valence-electron chi connectivity index (χ2n) is 3.41. The minimum absolute atomic E-state index is 0.387. The molecule has 80 valence electrons. The Morgan fingerprint density at radius 3 is 2.60 bits per heavy atom. The van der Waals surface area contributed by atoms with Crippen LogP contribution in [0.5, 0.6) is 0 Å². The molecule has 1 saturated heterocycles. The van der Waals surface area contributed by atoms with Crippen molar-refractivity contribution in [2.24, 2.45) is 0 Å². The Morgan fingerprint density at radius 1 is 1.33 bits per heavy atom. The van der Waals surface area contributed by atoms with Crippen LogP contribution in [0.3, 0.4) is 0 Å². The van der Waals surface area contributed by atoms with Crippen LogP contribution in [0.1, 0.15) is 18.5 Å². The molecular weight excluding hydrogens is 204 g/mol. The maximum Gasteiger partial charge on any atom is 0.408 e. The topological polar surface area (TPSA) is 38.3 Å². The Balaban J connectivity index is 2.30. The molecule has 2 atom stereocenters. The van der Waals surface area contributed by atoms with Gasteiger partial charge in [-0.3, -0.25) is 0 Å². The van der Waals surface area contributed by atoms with Crippen molar-refractivity contribution in [2.45, 2.75) is 19.1 Å². The standard InChI is InChI=1S/C10H9F2NO2/c1-5-9(13-10(14)15-5)6-2-3-7(11)8(12)4-6/h2-5,9H,1H3,(H,13,14)/t5-,9+/m0/s1. The van der Waals surface area contributed by atoms with E-state index in [0.717, 1.165) is 12.1 Å². The minimum Gasteiger partial charge on any atom is -0.444 e. The SMILES string of the molecule is C[C@@H]1OC(=O)N[C@H]1c1ccc(F)c(F)c1. The number of halogens is 2. The van der Waals surface area contributed by atoms with Gasteiger partial charge in [0.1, 0.15) is 6.10 Å². The van der Waals surface area contributed by atoms with Gasteiger partial charge in [-0.05, 0) is 24.6 Å². The smallest absolute Gasteiger partial charge is 0.408 e. The van der Waals surface area contributed by atoms with Crippen molar-refractivity contribution < 1.29 is 18.3 Å². The van der Waals surface area contributed by atoms with Crippen molar-refractivity contribution in [3.63, 3.8) is 0 Å². The number of alkyl carbamates (subject to hydrolysis) is 1. The van der Waals surface area contributed by atoms with E-state index in [4.69, 9.17) is 4.74 Å². The van der Waals surface area contributed by atoms with E-state index in [9.17, 15) is 13.6 Å². The van der Waals surface area contributed by atoms with E-state index >= 15 is 0 Å². The molecule has 3 nitrogen and oxygen atoms in total. The molecule has 0 bridgehead atoms. The van der Waals surface area contributed by atoms with E-state index in [1.54, 1.807) is 6.92 Å². The van der Waals surface area contributed by atoms with E-state index in [2.05, 4.69) is 5.32 Å². The monoisotopic (exact) mass is 213 g/mol. The number of rotatable bonds is 1. The Bertz CT molecular complexity index is 408. The maximum absolute atomic E-state index is 12.9. The zero-order chi connectivity index (χ0) is 11.0. The highest BCUT2D eigenvalue weighted by Crippen LogP contribution is 2.25. The number of hydrogen-bond donors (Lipinski definition) is 1. The van der Waals surface area contributed by atoms with Crippen LogP contribution in [0, 0.1) is 11.6 Å². The van der Waals surface area contributed by atoms with Crippen molar-refractivity contribution in [1.82, 2.24) is 5.32 Å². The fourth-order valence-electron chi connectivity index (χ4n) is 1.58. The van der Waals surface area contributed by atoms with Gasteiger partial charge in [-0.1, -0.05) is 6.07 Å². The maximum atomic E-state index is 12.9. The predicted molar refractivity (Wildman–Crippen MR) is 48.2 cm³/mol. The number of amides is 1. The summed E-state index contributed by atoms with van der Waals surface area (Å²) >= 11 is 0.